The highest BCUT2D eigenvalue weighted by Crippen LogP contribution is 2.44. The molecule has 0 bridgehead atoms. The number of phosphoric acid groups is 1. The molecule has 222 valence electrons. The average Bonchev–Trinajstić information content (AvgIpc) is 3.17. The summed E-state index contributed by atoms with van der Waals surface area (Å²) >= 11 is 0. The normalized spacial score (nSPS) is 14.4. The number of sulfone groups is 1. The molecule has 40 heavy (non-hydrogen) atoms. The number of aliphatic hydroxyl groups is 1. The van der Waals surface area contributed by atoms with Crippen molar-refractivity contribution in [2.45, 2.75) is 55.8 Å². The molecule has 1 amide bonds. The van der Waals surface area contributed by atoms with E-state index in [9.17, 15) is 35.9 Å². The van der Waals surface area contributed by atoms with Gasteiger partial charge in [-0.1, -0.05) is 26.8 Å². The fourth-order valence-electron chi connectivity index (χ4n) is 4.20. The number of nitrogens with two attached hydrogens (primary N) is 1. The molecule has 0 saturated carbocycles. The van der Waals surface area contributed by atoms with E-state index in [0.29, 0.717) is 10.9 Å². The van der Waals surface area contributed by atoms with Gasteiger partial charge in [0.05, 0.1) is 17.5 Å². The fraction of sp³-hybridized carbons (Fsp3) is 0.391. The molecule has 1 aromatic carbocycles. The summed E-state index contributed by atoms with van der Waals surface area (Å²) in [6.07, 6.45) is -5.64. The number of amides is 1. The third-order valence-electron chi connectivity index (χ3n) is 5.96. The van der Waals surface area contributed by atoms with Crippen molar-refractivity contribution >= 4 is 34.5 Å². The Balaban J connectivity index is 0.00000103. The van der Waals surface area contributed by atoms with Gasteiger partial charge in [0.1, 0.15) is 5.82 Å². The van der Waals surface area contributed by atoms with Crippen LogP contribution in [0.2, 0.25) is 0 Å². The molecule has 3 rings (SSSR count). The van der Waals surface area contributed by atoms with Crippen molar-refractivity contribution in [2.75, 3.05) is 5.75 Å². The van der Waals surface area contributed by atoms with Crippen LogP contribution in [-0.2, 0) is 26.2 Å². The summed E-state index contributed by atoms with van der Waals surface area (Å²) in [6.45, 7) is 4.22. The topological polar surface area (TPSA) is 204 Å². The molecule has 0 aliphatic heterocycles. The maximum Gasteiger partial charge on any atom is 0.466 e. The SMILES string of the molecule is CCS(=O)(=O)c1cc2cc(CC(O)(CC(C)(C)c3ccc(F)cc3C(N)=O)C(F)(F)F)[nH]c2cn1.O=P(O)(O)O. The van der Waals surface area contributed by atoms with Crippen molar-refractivity contribution in [3.63, 3.8) is 0 Å². The van der Waals surface area contributed by atoms with Gasteiger partial charge in [0.2, 0.25) is 5.91 Å². The Labute approximate surface area is 226 Å². The summed E-state index contributed by atoms with van der Waals surface area (Å²) in [5.74, 6) is -1.98. The molecule has 1 atom stereocenters. The second kappa shape index (κ2) is 11.5. The molecule has 2 heterocycles. The van der Waals surface area contributed by atoms with Crippen molar-refractivity contribution in [1.82, 2.24) is 9.97 Å². The van der Waals surface area contributed by atoms with Crippen molar-refractivity contribution < 1.29 is 55.1 Å². The number of primary amides is 1. The van der Waals surface area contributed by atoms with E-state index in [1.807, 2.05) is 0 Å². The lowest BCUT2D eigenvalue weighted by molar-refractivity contribution is -0.266. The van der Waals surface area contributed by atoms with Crippen LogP contribution < -0.4 is 5.73 Å². The lowest BCUT2D eigenvalue weighted by Crippen LogP contribution is -2.51. The molecule has 0 saturated heterocycles. The molecule has 2 aromatic heterocycles. The van der Waals surface area contributed by atoms with Gasteiger partial charge in [-0.25, -0.2) is 22.4 Å². The monoisotopic (exact) mass is 613 g/mol. The third kappa shape index (κ3) is 8.32. The second-order valence-corrected chi connectivity index (χ2v) is 12.9. The Morgan fingerprint density at radius 3 is 2.20 bits per heavy atom. The lowest BCUT2D eigenvalue weighted by Gasteiger charge is -2.38. The van der Waals surface area contributed by atoms with Gasteiger partial charge in [-0.3, -0.25) is 4.79 Å². The molecule has 0 spiro atoms. The molecule has 0 aliphatic rings. The van der Waals surface area contributed by atoms with Crippen LogP contribution in [0.5, 0.6) is 0 Å². The summed E-state index contributed by atoms with van der Waals surface area (Å²) < 4.78 is 89.2. The first-order valence-corrected chi connectivity index (χ1v) is 14.6. The molecule has 17 heteroatoms. The van der Waals surface area contributed by atoms with E-state index in [1.165, 1.54) is 45.2 Å². The first-order valence-electron chi connectivity index (χ1n) is 11.4. The van der Waals surface area contributed by atoms with E-state index < -0.39 is 59.4 Å². The molecule has 3 aromatic rings. The molecule has 1 unspecified atom stereocenters. The van der Waals surface area contributed by atoms with Crippen molar-refractivity contribution in [1.29, 1.82) is 0 Å². The molecule has 0 radical (unpaired) electrons. The van der Waals surface area contributed by atoms with E-state index in [1.54, 1.807) is 0 Å². The van der Waals surface area contributed by atoms with Crippen LogP contribution in [0.15, 0.2) is 41.6 Å². The standard InChI is InChI=1S/C23H25F4N3O4S.H3O4P/c1-4-35(33,34)19-8-13-7-15(30-18(13)11-29-19)10-22(32,23(25,26)27)12-21(2,3)17-6-5-14(24)9-16(17)20(28)31;1-5(2,3)4/h5-9,11,30,32H,4,10,12H2,1-3H3,(H2,28,31);(H3,1,2,3,4). The molecular formula is C23H28F4N3O8PS. The number of pyridine rings is 1. The summed E-state index contributed by atoms with van der Waals surface area (Å²) in [6, 6.07) is 5.60. The zero-order valence-corrected chi connectivity index (χ0v) is 23.1. The maximum atomic E-state index is 14.2. The highest BCUT2D eigenvalue weighted by molar-refractivity contribution is 7.91. The minimum absolute atomic E-state index is 0.00213. The van der Waals surface area contributed by atoms with Gasteiger partial charge in [-0.2, -0.15) is 13.2 Å². The van der Waals surface area contributed by atoms with Gasteiger partial charge in [-0.05, 0) is 41.7 Å². The summed E-state index contributed by atoms with van der Waals surface area (Å²) in [4.78, 5) is 40.0. The van der Waals surface area contributed by atoms with E-state index in [2.05, 4.69) is 9.97 Å². The average molecular weight is 614 g/mol. The molecule has 0 aliphatic carbocycles. The Bertz CT molecular complexity index is 1540. The number of hydrogen-bond donors (Lipinski definition) is 6. The summed E-state index contributed by atoms with van der Waals surface area (Å²) in [7, 11) is -8.27. The molecular weight excluding hydrogens is 585 g/mol. The van der Waals surface area contributed by atoms with Crippen LogP contribution in [0.3, 0.4) is 0 Å². The number of carbonyl (C=O) groups is 1. The van der Waals surface area contributed by atoms with Crippen molar-refractivity contribution in [3.8, 4) is 0 Å². The largest absolute Gasteiger partial charge is 0.466 e. The summed E-state index contributed by atoms with van der Waals surface area (Å²) in [5, 5.41) is 11.0. The Morgan fingerprint density at radius 1 is 1.12 bits per heavy atom. The predicted octanol–water partition coefficient (Wildman–Crippen LogP) is 2.87. The first-order chi connectivity index (χ1) is 18.0. The van der Waals surface area contributed by atoms with Crippen LogP contribution in [0.25, 0.3) is 10.9 Å². The van der Waals surface area contributed by atoms with Gasteiger partial charge in [0, 0.05) is 23.1 Å². The number of aromatic amines is 1. The number of carbonyl (C=O) groups excluding carboxylic acids is 1. The zero-order chi connectivity index (χ0) is 30.9. The molecule has 0 fully saturated rings. The fourth-order valence-corrected chi connectivity index (χ4v) is 5.02. The van der Waals surface area contributed by atoms with E-state index >= 15 is 0 Å². The highest BCUT2D eigenvalue weighted by atomic mass is 32.2. The zero-order valence-electron chi connectivity index (χ0n) is 21.4. The van der Waals surface area contributed by atoms with Crippen LogP contribution in [0.4, 0.5) is 17.6 Å². The van der Waals surface area contributed by atoms with Gasteiger partial charge >= 0.3 is 14.0 Å². The maximum absolute atomic E-state index is 14.2. The Morgan fingerprint density at radius 2 is 1.70 bits per heavy atom. The number of halogens is 4. The number of aromatic nitrogens is 2. The van der Waals surface area contributed by atoms with E-state index in [-0.39, 0.29) is 27.6 Å². The number of fused-ring (bicyclic) bond motifs is 1. The van der Waals surface area contributed by atoms with Gasteiger partial charge in [0.25, 0.3) is 0 Å². The lowest BCUT2D eigenvalue weighted by atomic mass is 9.72. The third-order valence-corrected chi connectivity index (χ3v) is 7.58. The van der Waals surface area contributed by atoms with E-state index in [0.717, 1.165) is 12.1 Å². The van der Waals surface area contributed by atoms with Crippen LogP contribution >= 0.6 is 7.82 Å². The molecule has 11 nitrogen and oxygen atoms in total. The number of benzene rings is 1. The summed E-state index contributed by atoms with van der Waals surface area (Å²) in [5.41, 5.74) is 0.681. The quantitative estimate of drug-likeness (QED) is 0.163. The molecule has 7 N–H and O–H groups in total. The van der Waals surface area contributed by atoms with Crippen LogP contribution in [-0.4, -0.2) is 61.6 Å². The van der Waals surface area contributed by atoms with Crippen molar-refractivity contribution in [2.24, 2.45) is 5.73 Å². The van der Waals surface area contributed by atoms with Gasteiger partial charge < -0.3 is 30.5 Å². The first kappa shape index (κ1) is 33.3. The van der Waals surface area contributed by atoms with Gasteiger partial charge in [-0.15, -0.1) is 0 Å². The predicted molar refractivity (Wildman–Crippen MR) is 135 cm³/mol. The minimum Gasteiger partial charge on any atom is -0.380 e. The Hall–Kier alpha value is -2.88. The van der Waals surface area contributed by atoms with Crippen molar-refractivity contribution in [3.05, 3.63) is 59.2 Å². The number of nitrogens with zero attached hydrogens (tertiary/aromatic N) is 1. The second-order valence-electron chi connectivity index (χ2n) is 9.64. The number of nitrogens with one attached hydrogen (secondary N) is 1. The number of H-pyrrole nitrogens is 1. The van der Waals surface area contributed by atoms with Crippen LogP contribution in [0, 0.1) is 5.82 Å². The number of alkyl halides is 3. The minimum atomic E-state index is -5.08. The van der Waals surface area contributed by atoms with E-state index in [4.69, 9.17) is 25.0 Å². The Kier molecular flexibility index (Phi) is 9.62. The highest BCUT2D eigenvalue weighted by Gasteiger charge is 2.56. The smallest absolute Gasteiger partial charge is 0.380 e. The number of hydrogen-bond acceptors (Lipinski definition) is 6. The van der Waals surface area contributed by atoms with Crippen LogP contribution in [0.1, 0.15) is 48.8 Å². The number of rotatable bonds is 8. The van der Waals surface area contributed by atoms with Gasteiger partial charge in [0.15, 0.2) is 20.5 Å².